The van der Waals surface area contributed by atoms with Crippen molar-refractivity contribution in [3.63, 3.8) is 0 Å². The molecule has 6 heteroatoms. The lowest BCUT2D eigenvalue weighted by atomic mass is 10.5. The van der Waals surface area contributed by atoms with Crippen molar-refractivity contribution in [2.75, 3.05) is 6.61 Å². The number of carbonyl (C=O) groups is 1. The van der Waals surface area contributed by atoms with Gasteiger partial charge >= 0.3 is 5.97 Å². The maximum Gasteiger partial charge on any atom is 0.328 e. The van der Waals surface area contributed by atoms with Crippen LogP contribution in [0.2, 0.25) is 0 Å². The molecule has 0 spiro atoms. The molecule has 1 N–H and O–H groups in total. The number of hydrogen-bond acceptors (Lipinski definition) is 4. The highest BCUT2D eigenvalue weighted by Crippen LogP contribution is 1.80. The summed E-state index contributed by atoms with van der Waals surface area (Å²) in [4.78, 5) is 9.75. The first-order chi connectivity index (χ1) is 4.63. The Morgan fingerprint density at radius 3 is 2.80 bits per heavy atom. The van der Waals surface area contributed by atoms with E-state index in [1.54, 1.807) is 0 Å². The van der Waals surface area contributed by atoms with Crippen molar-refractivity contribution in [2.45, 2.75) is 0 Å². The lowest BCUT2D eigenvalue weighted by Gasteiger charge is -2.00. The first-order valence-electron chi connectivity index (χ1n) is 2.25. The summed E-state index contributed by atoms with van der Waals surface area (Å²) in [5, 5.41) is 7.98. The van der Waals surface area contributed by atoms with E-state index in [0.717, 1.165) is 12.2 Å². The largest absolute Gasteiger partial charge is 0.750 e. The van der Waals surface area contributed by atoms with Crippen LogP contribution in [-0.2, 0) is 20.3 Å². The second kappa shape index (κ2) is 5.10. The Hall–Kier alpha value is -0.720. The van der Waals surface area contributed by atoms with E-state index in [0.29, 0.717) is 0 Å². The number of rotatable bonds is 4. The third-order valence-corrected chi connectivity index (χ3v) is 0.849. The maximum absolute atomic E-state index is 9.75. The zero-order valence-electron chi connectivity index (χ0n) is 4.85. The molecule has 1 unspecified atom stereocenters. The molecule has 0 aromatic carbocycles. The van der Waals surface area contributed by atoms with Gasteiger partial charge in [0.2, 0.25) is 0 Å². The van der Waals surface area contributed by atoms with Crippen molar-refractivity contribution < 1.29 is 22.8 Å². The standard InChI is InChI=1S/C4H6O5S/c5-4(6)2-1-3-9-10(7)8/h1-2H,3H2,(H,5,6)(H,7,8)/p-1. The second-order valence-electron chi connectivity index (χ2n) is 1.23. The summed E-state index contributed by atoms with van der Waals surface area (Å²) in [6.07, 6.45) is 1.88. The molecule has 0 aromatic heterocycles. The third kappa shape index (κ3) is 7.28. The van der Waals surface area contributed by atoms with Crippen LogP contribution in [0, 0.1) is 0 Å². The Morgan fingerprint density at radius 1 is 1.80 bits per heavy atom. The minimum Gasteiger partial charge on any atom is -0.750 e. The van der Waals surface area contributed by atoms with Crippen LogP contribution in [0.1, 0.15) is 0 Å². The zero-order chi connectivity index (χ0) is 7.98. The van der Waals surface area contributed by atoms with Crippen LogP contribution in [0.3, 0.4) is 0 Å². The SMILES string of the molecule is O=C(O)C=CCOS(=O)[O-]. The number of carboxylic acid groups (broad SMARTS) is 1. The molecule has 0 heterocycles. The average Bonchev–Trinajstić information content (AvgIpc) is 1.79. The maximum atomic E-state index is 9.75. The molecule has 0 aliphatic carbocycles. The summed E-state index contributed by atoms with van der Waals surface area (Å²) in [5.74, 6) is -1.14. The van der Waals surface area contributed by atoms with Gasteiger partial charge in [0.15, 0.2) is 0 Å². The Kier molecular flexibility index (Phi) is 4.73. The Balaban J connectivity index is 3.36. The van der Waals surface area contributed by atoms with Crippen molar-refractivity contribution in [3.05, 3.63) is 12.2 Å². The number of hydrogen-bond donors (Lipinski definition) is 1. The van der Waals surface area contributed by atoms with Crippen molar-refractivity contribution in [3.8, 4) is 0 Å². The normalized spacial score (nSPS) is 13.7. The fraction of sp³-hybridized carbons (Fsp3) is 0.250. The summed E-state index contributed by atoms with van der Waals surface area (Å²) in [6.45, 7) is -0.248. The van der Waals surface area contributed by atoms with E-state index < -0.39 is 17.3 Å². The lowest BCUT2D eigenvalue weighted by molar-refractivity contribution is -0.131. The monoisotopic (exact) mass is 165 g/mol. The van der Waals surface area contributed by atoms with Crippen LogP contribution < -0.4 is 0 Å². The molecular formula is C4H5O5S-. The molecule has 0 bridgehead atoms. The van der Waals surface area contributed by atoms with E-state index in [1.807, 2.05) is 0 Å². The fourth-order valence-electron chi connectivity index (χ4n) is 0.244. The number of carboxylic acids is 1. The summed E-state index contributed by atoms with van der Waals surface area (Å²) in [6, 6.07) is 0. The predicted octanol–water partition coefficient (Wildman–Crippen LogP) is -0.562. The van der Waals surface area contributed by atoms with Crippen LogP contribution in [0.25, 0.3) is 0 Å². The molecule has 0 amide bonds. The van der Waals surface area contributed by atoms with Gasteiger partial charge in [0.25, 0.3) is 0 Å². The zero-order valence-corrected chi connectivity index (χ0v) is 5.67. The van der Waals surface area contributed by atoms with Gasteiger partial charge in [0.1, 0.15) is 0 Å². The Labute approximate surface area is 59.8 Å². The van der Waals surface area contributed by atoms with Crippen molar-refractivity contribution in [2.24, 2.45) is 0 Å². The van der Waals surface area contributed by atoms with Crippen LogP contribution in [-0.4, -0.2) is 26.4 Å². The van der Waals surface area contributed by atoms with Crippen LogP contribution >= 0.6 is 0 Å². The van der Waals surface area contributed by atoms with Crippen molar-refractivity contribution >= 4 is 17.3 Å². The molecule has 0 saturated carbocycles. The third-order valence-electron chi connectivity index (χ3n) is 0.521. The highest BCUT2D eigenvalue weighted by molar-refractivity contribution is 7.74. The van der Waals surface area contributed by atoms with Gasteiger partial charge in [-0.2, -0.15) is 0 Å². The molecule has 0 radical (unpaired) electrons. The summed E-state index contributed by atoms with van der Waals surface area (Å²) >= 11 is -2.57. The molecule has 1 atom stereocenters. The fourth-order valence-corrected chi connectivity index (χ4v) is 0.433. The lowest BCUT2D eigenvalue weighted by Crippen LogP contribution is -1.95. The van der Waals surface area contributed by atoms with Crippen LogP contribution in [0.5, 0.6) is 0 Å². The van der Waals surface area contributed by atoms with E-state index in [-0.39, 0.29) is 6.61 Å². The molecule has 0 rings (SSSR count). The van der Waals surface area contributed by atoms with Crippen LogP contribution in [0.4, 0.5) is 0 Å². The molecule has 0 aliphatic rings. The Morgan fingerprint density at radius 2 is 2.40 bits per heavy atom. The summed E-state index contributed by atoms with van der Waals surface area (Å²) in [5.41, 5.74) is 0. The molecule has 0 aromatic rings. The molecule has 0 fully saturated rings. The summed E-state index contributed by atoms with van der Waals surface area (Å²) < 4.78 is 23.2. The molecule has 0 saturated heterocycles. The number of aliphatic carboxylic acids is 1. The minimum atomic E-state index is -2.57. The molecule has 58 valence electrons. The summed E-state index contributed by atoms with van der Waals surface area (Å²) in [7, 11) is 0. The highest BCUT2D eigenvalue weighted by Gasteiger charge is 1.84. The van der Waals surface area contributed by atoms with Crippen molar-refractivity contribution in [1.82, 2.24) is 0 Å². The van der Waals surface area contributed by atoms with E-state index in [2.05, 4.69) is 4.18 Å². The average molecular weight is 165 g/mol. The molecular weight excluding hydrogens is 160 g/mol. The minimum absolute atomic E-state index is 0.248. The van der Waals surface area contributed by atoms with Gasteiger partial charge < -0.3 is 9.66 Å². The molecule has 10 heavy (non-hydrogen) atoms. The van der Waals surface area contributed by atoms with Gasteiger partial charge in [0, 0.05) is 6.08 Å². The predicted molar refractivity (Wildman–Crippen MR) is 31.6 cm³/mol. The van der Waals surface area contributed by atoms with Gasteiger partial charge in [0.05, 0.1) is 18.0 Å². The Bertz CT molecular complexity index is 163. The van der Waals surface area contributed by atoms with Crippen molar-refractivity contribution in [1.29, 1.82) is 0 Å². The molecule has 0 aliphatic heterocycles. The van der Waals surface area contributed by atoms with Crippen LogP contribution in [0.15, 0.2) is 12.2 Å². The van der Waals surface area contributed by atoms with E-state index in [4.69, 9.17) is 5.11 Å². The molecule has 5 nitrogen and oxygen atoms in total. The van der Waals surface area contributed by atoms with E-state index >= 15 is 0 Å². The van der Waals surface area contributed by atoms with Gasteiger partial charge in [-0.15, -0.1) is 0 Å². The first kappa shape index (κ1) is 9.28. The highest BCUT2D eigenvalue weighted by atomic mass is 32.2. The van der Waals surface area contributed by atoms with Gasteiger partial charge in [-0.3, -0.25) is 4.18 Å². The smallest absolute Gasteiger partial charge is 0.328 e. The van der Waals surface area contributed by atoms with E-state index in [9.17, 15) is 13.6 Å². The van der Waals surface area contributed by atoms with Gasteiger partial charge in [-0.25, -0.2) is 9.00 Å². The second-order valence-corrected chi connectivity index (χ2v) is 1.87. The van der Waals surface area contributed by atoms with Gasteiger partial charge in [-0.1, -0.05) is 6.08 Å². The quantitative estimate of drug-likeness (QED) is 0.445. The van der Waals surface area contributed by atoms with E-state index in [1.165, 1.54) is 0 Å². The first-order valence-corrected chi connectivity index (χ1v) is 3.25. The van der Waals surface area contributed by atoms with Gasteiger partial charge in [-0.05, 0) is 0 Å². The topological polar surface area (TPSA) is 86.7 Å².